The van der Waals surface area contributed by atoms with Gasteiger partial charge in [-0.2, -0.15) is 5.10 Å². The molecule has 0 saturated carbocycles. The first-order chi connectivity index (χ1) is 16.4. The quantitative estimate of drug-likeness (QED) is 0.269. The van der Waals surface area contributed by atoms with Gasteiger partial charge in [0.25, 0.3) is 0 Å². The summed E-state index contributed by atoms with van der Waals surface area (Å²) in [5, 5.41) is 7.10. The number of hydrazone groups is 1. The molecule has 0 aromatic heterocycles. The highest BCUT2D eigenvalue weighted by Crippen LogP contribution is 2.32. The first-order valence-corrected chi connectivity index (χ1v) is 10.7. The molecular weight excluding hydrogens is 484 g/mol. The minimum absolute atomic E-state index is 0.152. The van der Waals surface area contributed by atoms with Crippen LogP contribution in [0.4, 0.5) is 4.39 Å². The molecule has 3 rings (SSSR count). The predicted octanol–water partition coefficient (Wildman–Crippen LogP) is 4.49. The van der Waals surface area contributed by atoms with Crippen LogP contribution in [0.1, 0.15) is 16.7 Å². The molecule has 0 fully saturated rings. The molecule has 0 aliphatic rings. The maximum absolute atomic E-state index is 14.1. The van der Waals surface area contributed by atoms with E-state index in [9.17, 15) is 14.0 Å². The number of rotatable bonds is 8. The summed E-state index contributed by atoms with van der Waals surface area (Å²) in [6, 6.07) is 16.2. The molecule has 0 radical (unpaired) electrons. The Balaban J connectivity index is 1.63. The number of methoxy groups -OCH3 is 1. The van der Waals surface area contributed by atoms with Crippen LogP contribution >= 0.6 is 23.2 Å². The smallest absolute Gasteiger partial charge is 0.329 e. The zero-order valence-corrected chi connectivity index (χ0v) is 19.5. The largest absolute Gasteiger partial charge is 0.493 e. The molecular formula is C24H20Cl2FN3O4. The number of carbonyl (C=O) groups excluding carboxylic acids is 2. The lowest BCUT2D eigenvalue weighted by Gasteiger charge is -2.14. The minimum Gasteiger partial charge on any atom is -0.493 e. The van der Waals surface area contributed by atoms with Gasteiger partial charge >= 0.3 is 11.8 Å². The number of halogens is 3. The highest BCUT2D eigenvalue weighted by Gasteiger charge is 2.15. The number of ether oxygens (including phenoxy) is 2. The molecule has 7 nitrogen and oxygen atoms in total. The molecule has 0 heterocycles. The van der Waals surface area contributed by atoms with Crippen molar-refractivity contribution in [1.82, 2.24) is 10.7 Å². The van der Waals surface area contributed by atoms with Gasteiger partial charge in [-0.1, -0.05) is 47.5 Å². The number of benzene rings is 3. The van der Waals surface area contributed by atoms with Gasteiger partial charge in [0, 0.05) is 22.7 Å². The van der Waals surface area contributed by atoms with E-state index in [1.54, 1.807) is 48.5 Å². The Morgan fingerprint density at radius 1 is 1.03 bits per heavy atom. The maximum atomic E-state index is 14.1. The van der Waals surface area contributed by atoms with Gasteiger partial charge in [-0.3, -0.25) is 9.59 Å². The van der Waals surface area contributed by atoms with Crippen LogP contribution in [0.25, 0.3) is 0 Å². The number of para-hydroxylation sites is 1. The fraction of sp³-hybridized carbons (Fsp3) is 0.125. The number of hydrogen-bond donors (Lipinski definition) is 2. The van der Waals surface area contributed by atoms with Crippen molar-refractivity contribution >= 4 is 41.2 Å². The second kappa shape index (κ2) is 12.0. The molecule has 0 bridgehead atoms. The van der Waals surface area contributed by atoms with E-state index in [2.05, 4.69) is 15.8 Å². The van der Waals surface area contributed by atoms with E-state index in [1.807, 2.05) is 0 Å². The molecule has 3 aromatic rings. The van der Waals surface area contributed by atoms with Gasteiger partial charge < -0.3 is 14.8 Å². The van der Waals surface area contributed by atoms with E-state index in [0.717, 1.165) is 5.56 Å². The average Bonchev–Trinajstić information content (AvgIpc) is 2.83. The Morgan fingerprint density at radius 2 is 1.76 bits per heavy atom. The van der Waals surface area contributed by atoms with Crippen LogP contribution in [-0.2, 0) is 22.7 Å². The minimum atomic E-state index is -0.950. The summed E-state index contributed by atoms with van der Waals surface area (Å²) in [7, 11) is 1.45. The van der Waals surface area contributed by atoms with Crippen LogP contribution in [0.15, 0.2) is 65.8 Å². The highest BCUT2D eigenvalue weighted by molar-refractivity contribution is 6.35. The molecule has 0 spiro atoms. The monoisotopic (exact) mass is 503 g/mol. The van der Waals surface area contributed by atoms with E-state index in [4.69, 9.17) is 32.7 Å². The average molecular weight is 504 g/mol. The summed E-state index contributed by atoms with van der Waals surface area (Å²) in [6.07, 6.45) is 1.28. The zero-order valence-electron chi connectivity index (χ0n) is 18.0. The van der Waals surface area contributed by atoms with Crippen molar-refractivity contribution in [2.45, 2.75) is 13.2 Å². The molecule has 176 valence electrons. The first-order valence-electron chi connectivity index (χ1n) is 9.97. The van der Waals surface area contributed by atoms with E-state index in [-0.39, 0.29) is 29.5 Å². The second-order valence-electron chi connectivity index (χ2n) is 6.88. The van der Waals surface area contributed by atoms with Crippen LogP contribution in [-0.4, -0.2) is 25.1 Å². The normalized spacial score (nSPS) is 10.7. The highest BCUT2D eigenvalue weighted by atomic mass is 35.5. The fourth-order valence-electron chi connectivity index (χ4n) is 2.84. The van der Waals surface area contributed by atoms with Crippen molar-refractivity contribution in [3.05, 3.63) is 93.2 Å². The lowest BCUT2D eigenvalue weighted by molar-refractivity contribution is -0.139. The third-order valence-corrected chi connectivity index (χ3v) is 5.20. The number of hydrogen-bond acceptors (Lipinski definition) is 5. The Kier molecular flexibility index (Phi) is 8.84. The van der Waals surface area contributed by atoms with Crippen LogP contribution in [0, 0.1) is 5.82 Å². The van der Waals surface area contributed by atoms with Gasteiger partial charge in [0.15, 0.2) is 11.5 Å². The lowest BCUT2D eigenvalue weighted by Crippen LogP contribution is -2.37. The van der Waals surface area contributed by atoms with E-state index < -0.39 is 17.6 Å². The van der Waals surface area contributed by atoms with Crippen LogP contribution in [0.5, 0.6) is 11.5 Å². The van der Waals surface area contributed by atoms with Gasteiger partial charge in [0.1, 0.15) is 12.4 Å². The first kappa shape index (κ1) is 25.0. The molecule has 0 aliphatic heterocycles. The lowest BCUT2D eigenvalue weighted by atomic mass is 10.2. The van der Waals surface area contributed by atoms with Crippen molar-refractivity contribution in [3.63, 3.8) is 0 Å². The van der Waals surface area contributed by atoms with Gasteiger partial charge in [0.2, 0.25) is 0 Å². The molecule has 0 saturated heterocycles. The van der Waals surface area contributed by atoms with Crippen molar-refractivity contribution in [2.75, 3.05) is 7.11 Å². The molecule has 2 N–H and O–H groups in total. The molecule has 0 atom stereocenters. The molecule has 0 aliphatic carbocycles. The zero-order chi connectivity index (χ0) is 24.5. The molecule has 10 heteroatoms. The van der Waals surface area contributed by atoms with Crippen molar-refractivity contribution in [1.29, 1.82) is 0 Å². The van der Waals surface area contributed by atoms with Gasteiger partial charge in [-0.25, -0.2) is 9.82 Å². The number of nitrogens with one attached hydrogen (secondary N) is 2. The predicted molar refractivity (Wildman–Crippen MR) is 128 cm³/mol. The fourth-order valence-corrected chi connectivity index (χ4v) is 3.18. The molecule has 0 unspecified atom stereocenters. The van der Waals surface area contributed by atoms with Gasteiger partial charge in [0.05, 0.1) is 18.3 Å². The topological polar surface area (TPSA) is 89.0 Å². The van der Waals surface area contributed by atoms with Crippen molar-refractivity contribution < 1.29 is 23.5 Å². The summed E-state index contributed by atoms with van der Waals surface area (Å²) in [6.45, 7) is -0.00814. The standard InChI is InChI=1S/C24H20Cl2FN3O4/c1-33-21-7-2-4-16(22(21)34-14-18-19(26)5-3-6-20(18)27)13-29-30-24(32)23(31)28-12-15-8-10-17(25)11-9-15/h2-11,13H,12,14H2,1H3,(H,28,31)(H,30,32)/b29-13-. The number of nitrogens with zero attached hydrogens (tertiary/aromatic N) is 1. The molecule has 2 amide bonds. The summed E-state index contributed by atoms with van der Waals surface area (Å²) >= 11 is 11.9. The summed E-state index contributed by atoms with van der Waals surface area (Å²) in [5.41, 5.74) is 3.54. The van der Waals surface area contributed by atoms with Crippen LogP contribution in [0.2, 0.25) is 10.0 Å². The third-order valence-electron chi connectivity index (χ3n) is 4.59. The van der Waals surface area contributed by atoms with Crippen molar-refractivity contribution in [3.8, 4) is 11.5 Å². The second-order valence-corrected chi connectivity index (χ2v) is 7.72. The van der Waals surface area contributed by atoms with Gasteiger partial charge in [-0.05, 0) is 42.0 Å². The van der Waals surface area contributed by atoms with Crippen LogP contribution < -0.4 is 20.2 Å². The Bertz CT molecular complexity index is 1180. The maximum Gasteiger partial charge on any atom is 0.329 e. The Morgan fingerprint density at radius 3 is 2.47 bits per heavy atom. The number of carbonyl (C=O) groups is 2. The van der Waals surface area contributed by atoms with Gasteiger partial charge in [-0.15, -0.1) is 0 Å². The van der Waals surface area contributed by atoms with E-state index in [0.29, 0.717) is 16.3 Å². The van der Waals surface area contributed by atoms with E-state index >= 15 is 0 Å². The Hall–Kier alpha value is -3.62. The van der Waals surface area contributed by atoms with Crippen LogP contribution in [0.3, 0.4) is 0 Å². The molecule has 3 aromatic carbocycles. The van der Waals surface area contributed by atoms with E-state index in [1.165, 1.54) is 25.5 Å². The number of amides is 2. The summed E-state index contributed by atoms with van der Waals surface area (Å²) in [4.78, 5) is 24.0. The SMILES string of the molecule is COc1cccc(/C=N\NC(=O)C(=O)NCc2ccc(Cl)cc2)c1OCc1c(F)cccc1Cl. The Labute approximate surface area is 205 Å². The third kappa shape index (κ3) is 6.69. The summed E-state index contributed by atoms with van der Waals surface area (Å²) < 4.78 is 25.2. The van der Waals surface area contributed by atoms with Crippen molar-refractivity contribution in [2.24, 2.45) is 5.10 Å². The summed E-state index contributed by atoms with van der Waals surface area (Å²) in [5.74, 6) is -1.69. The molecule has 34 heavy (non-hydrogen) atoms.